The molecular formula is C20H28N2O3. The number of benzene rings is 1. The van der Waals surface area contributed by atoms with Gasteiger partial charge in [0.15, 0.2) is 6.10 Å². The maximum absolute atomic E-state index is 13.0. The molecule has 3 rings (SSSR count). The van der Waals surface area contributed by atoms with Gasteiger partial charge in [-0.3, -0.25) is 9.59 Å². The SMILES string of the molecule is Cc1ccccc1[C@@H]1[C@@H](C(=O)NC2(CC(C)C)CC2)OCC(=O)N1C. The molecule has 2 amide bonds. The molecule has 5 heteroatoms. The van der Waals surface area contributed by atoms with Crippen LogP contribution >= 0.6 is 0 Å². The van der Waals surface area contributed by atoms with Crippen LogP contribution < -0.4 is 5.32 Å². The Morgan fingerprint density at radius 3 is 2.64 bits per heavy atom. The highest BCUT2D eigenvalue weighted by Crippen LogP contribution is 2.42. The molecule has 0 unspecified atom stereocenters. The highest BCUT2D eigenvalue weighted by atomic mass is 16.5. The predicted molar refractivity (Wildman–Crippen MR) is 96.0 cm³/mol. The number of carbonyl (C=O) groups is 2. The summed E-state index contributed by atoms with van der Waals surface area (Å²) >= 11 is 0. The number of likely N-dealkylation sites (N-methyl/N-ethyl adjacent to an activating group) is 1. The van der Waals surface area contributed by atoms with E-state index in [2.05, 4.69) is 19.2 Å². The van der Waals surface area contributed by atoms with Gasteiger partial charge in [-0.25, -0.2) is 0 Å². The first-order chi connectivity index (χ1) is 11.8. The Labute approximate surface area is 149 Å². The summed E-state index contributed by atoms with van der Waals surface area (Å²) in [7, 11) is 1.75. The molecule has 25 heavy (non-hydrogen) atoms. The molecule has 1 aromatic carbocycles. The maximum atomic E-state index is 13.0. The van der Waals surface area contributed by atoms with E-state index in [9.17, 15) is 9.59 Å². The molecule has 0 aromatic heterocycles. The van der Waals surface area contributed by atoms with Crippen molar-refractivity contribution in [3.63, 3.8) is 0 Å². The van der Waals surface area contributed by atoms with Gasteiger partial charge in [0.2, 0.25) is 5.91 Å². The summed E-state index contributed by atoms with van der Waals surface area (Å²) in [6.45, 7) is 6.30. The zero-order valence-corrected chi connectivity index (χ0v) is 15.5. The van der Waals surface area contributed by atoms with Crippen molar-refractivity contribution in [1.82, 2.24) is 10.2 Å². The van der Waals surface area contributed by atoms with Gasteiger partial charge in [-0.1, -0.05) is 38.1 Å². The third kappa shape index (κ3) is 3.71. The Balaban J connectivity index is 1.84. The topological polar surface area (TPSA) is 58.6 Å². The van der Waals surface area contributed by atoms with Crippen molar-refractivity contribution in [1.29, 1.82) is 0 Å². The third-order valence-corrected chi connectivity index (χ3v) is 5.29. The van der Waals surface area contributed by atoms with E-state index in [1.54, 1.807) is 11.9 Å². The molecule has 1 aromatic rings. The van der Waals surface area contributed by atoms with Crippen LogP contribution in [0.3, 0.4) is 0 Å². The van der Waals surface area contributed by atoms with Crippen molar-refractivity contribution in [2.75, 3.05) is 13.7 Å². The van der Waals surface area contributed by atoms with E-state index in [1.807, 2.05) is 31.2 Å². The lowest BCUT2D eigenvalue weighted by molar-refractivity contribution is -0.162. The molecule has 2 aliphatic rings. The Bertz CT molecular complexity index is 667. The van der Waals surface area contributed by atoms with Gasteiger partial charge in [-0.15, -0.1) is 0 Å². The molecule has 1 heterocycles. The van der Waals surface area contributed by atoms with Crippen LogP contribution in [0.4, 0.5) is 0 Å². The maximum Gasteiger partial charge on any atom is 0.252 e. The van der Waals surface area contributed by atoms with Gasteiger partial charge >= 0.3 is 0 Å². The molecule has 2 atom stereocenters. The lowest BCUT2D eigenvalue weighted by Crippen LogP contribution is -2.55. The normalized spacial score (nSPS) is 25.2. The zero-order chi connectivity index (χ0) is 18.2. The number of morpholine rings is 1. The van der Waals surface area contributed by atoms with Crippen LogP contribution in [0, 0.1) is 12.8 Å². The minimum atomic E-state index is -0.673. The molecule has 1 N–H and O–H groups in total. The van der Waals surface area contributed by atoms with Crippen LogP contribution in [-0.4, -0.2) is 42.0 Å². The molecule has 0 bridgehead atoms. The fourth-order valence-electron chi connectivity index (χ4n) is 3.87. The van der Waals surface area contributed by atoms with Gasteiger partial charge in [0, 0.05) is 12.6 Å². The number of nitrogens with zero attached hydrogens (tertiary/aromatic N) is 1. The van der Waals surface area contributed by atoms with E-state index in [-0.39, 0.29) is 24.0 Å². The molecule has 1 saturated carbocycles. The summed E-state index contributed by atoms with van der Waals surface area (Å²) in [6.07, 6.45) is 2.35. The Morgan fingerprint density at radius 1 is 1.36 bits per heavy atom. The van der Waals surface area contributed by atoms with Crippen molar-refractivity contribution in [2.24, 2.45) is 5.92 Å². The minimum Gasteiger partial charge on any atom is -0.356 e. The van der Waals surface area contributed by atoms with Crippen LogP contribution in [0.25, 0.3) is 0 Å². The Kier molecular flexibility index (Phi) is 4.87. The van der Waals surface area contributed by atoms with Crippen molar-refractivity contribution >= 4 is 11.8 Å². The van der Waals surface area contributed by atoms with Crippen LogP contribution in [0.5, 0.6) is 0 Å². The molecule has 0 spiro atoms. The first-order valence-electron chi connectivity index (χ1n) is 9.08. The number of nitrogens with one attached hydrogen (secondary N) is 1. The third-order valence-electron chi connectivity index (χ3n) is 5.29. The average molecular weight is 344 g/mol. The van der Waals surface area contributed by atoms with Crippen molar-refractivity contribution in [2.45, 2.75) is 57.7 Å². The van der Waals surface area contributed by atoms with E-state index in [0.29, 0.717) is 5.92 Å². The molecule has 2 fully saturated rings. The second kappa shape index (κ2) is 6.79. The first kappa shape index (κ1) is 17.9. The lowest BCUT2D eigenvalue weighted by atomic mass is 9.93. The first-order valence-corrected chi connectivity index (χ1v) is 9.08. The van der Waals surface area contributed by atoms with Gasteiger partial charge < -0.3 is 15.0 Å². The summed E-state index contributed by atoms with van der Waals surface area (Å²) in [5, 5.41) is 3.22. The standard InChI is InChI=1S/C20H28N2O3/c1-13(2)11-20(9-10-20)21-19(24)18-17(22(4)16(23)12-25-18)15-8-6-5-7-14(15)3/h5-8,13,17-18H,9-12H2,1-4H3,(H,21,24)/t17-,18+/m1/s1. The van der Waals surface area contributed by atoms with Crippen molar-refractivity contribution in [3.05, 3.63) is 35.4 Å². The number of hydrogen-bond donors (Lipinski definition) is 1. The summed E-state index contributed by atoms with van der Waals surface area (Å²) < 4.78 is 5.72. The van der Waals surface area contributed by atoms with Crippen LogP contribution in [0.2, 0.25) is 0 Å². The molecule has 1 saturated heterocycles. The smallest absolute Gasteiger partial charge is 0.252 e. The molecule has 5 nitrogen and oxygen atoms in total. The van der Waals surface area contributed by atoms with E-state index in [0.717, 1.165) is 30.4 Å². The van der Waals surface area contributed by atoms with E-state index in [4.69, 9.17) is 4.74 Å². The summed E-state index contributed by atoms with van der Waals surface area (Å²) in [5.41, 5.74) is 1.94. The average Bonchev–Trinajstić information content (AvgIpc) is 3.28. The molecule has 136 valence electrons. The number of carbonyl (C=O) groups excluding carboxylic acids is 2. The van der Waals surface area contributed by atoms with Gasteiger partial charge in [0.25, 0.3) is 5.91 Å². The van der Waals surface area contributed by atoms with Gasteiger partial charge in [0.05, 0.1) is 6.04 Å². The quantitative estimate of drug-likeness (QED) is 0.893. The predicted octanol–water partition coefficient (Wildman–Crippen LogP) is 2.59. The molecule has 1 aliphatic carbocycles. The zero-order valence-electron chi connectivity index (χ0n) is 15.5. The lowest BCUT2D eigenvalue weighted by Gasteiger charge is -2.39. The minimum absolute atomic E-state index is 0.0475. The summed E-state index contributed by atoms with van der Waals surface area (Å²) in [5.74, 6) is 0.331. The highest BCUT2D eigenvalue weighted by molar-refractivity contribution is 5.87. The monoisotopic (exact) mass is 344 g/mol. The van der Waals surface area contributed by atoms with Crippen LogP contribution in [0.1, 0.15) is 50.3 Å². The van der Waals surface area contributed by atoms with E-state index in [1.165, 1.54) is 0 Å². The molecular weight excluding hydrogens is 316 g/mol. The highest BCUT2D eigenvalue weighted by Gasteiger charge is 2.48. The van der Waals surface area contributed by atoms with Crippen molar-refractivity contribution < 1.29 is 14.3 Å². The molecule has 1 aliphatic heterocycles. The summed E-state index contributed by atoms with van der Waals surface area (Å²) in [4.78, 5) is 26.8. The fourth-order valence-corrected chi connectivity index (χ4v) is 3.87. The number of ether oxygens (including phenoxy) is 1. The van der Waals surface area contributed by atoms with Crippen LogP contribution in [0.15, 0.2) is 24.3 Å². The van der Waals surface area contributed by atoms with Gasteiger partial charge in [-0.2, -0.15) is 0 Å². The fraction of sp³-hybridized carbons (Fsp3) is 0.600. The Hall–Kier alpha value is -1.88. The number of amides is 2. The Morgan fingerprint density at radius 2 is 2.04 bits per heavy atom. The van der Waals surface area contributed by atoms with E-state index >= 15 is 0 Å². The van der Waals surface area contributed by atoms with Crippen molar-refractivity contribution in [3.8, 4) is 0 Å². The number of aryl methyl sites for hydroxylation is 1. The molecule has 0 radical (unpaired) electrons. The second-order valence-electron chi connectivity index (χ2n) is 7.91. The second-order valence-corrected chi connectivity index (χ2v) is 7.91. The summed E-state index contributed by atoms with van der Waals surface area (Å²) in [6, 6.07) is 7.47. The van der Waals surface area contributed by atoms with E-state index < -0.39 is 12.1 Å². The number of rotatable bonds is 5. The van der Waals surface area contributed by atoms with Gasteiger partial charge in [0.1, 0.15) is 6.61 Å². The largest absolute Gasteiger partial charge is 0.356 e. The van der Waals surface area contributed by atoms with Crippen LogP contribution in [-0.2, 0) is 14.3 Å². The van der Waals surface area contributed by atoms with Gasteiger partial charge in [-0.05, 0) is 43.2 Å². The number of hydrogen-bond acceptors (Lipinski definition) is 3.